The number of amidine groups is 1. The van der Waals surface area contributed by atoms with Gasteiger partial charge in [0, 0.05) is 29.2 Å². The molecular formula is C33H36N4O2S. The van der Waals surface area contributed by atoms with E-state index < -0.39 is 0 Å². The van der Waals surface area contributed by atoms with Crippen LogP contribution in [0.25, 0.3) is 0 Å². The highest BCUT2D eigenvalue weighted by molar-refractivity contribution is 8.13. The Hall–Kier alpha value is -3.84. The summed E-state index contributed by atoms with van der Waals surface area (Å²) in [6.07, 6.45) is 5.66. The predicted molar refractivity (Wildman–Crippen MR) is 166 cm³/mol. The fraction of sp³-hybridized carbons (Fsp3) is 0.303. The van der Waals surface area contributed by atoms with Crippen molar-refractivity contribution in [3.8, 4) is 0 Å². The lowest BCUT2D eigenvalue weighted by Crippen LogP contribution is -2.43. The number of carbonyl (C=O) groups is 2. The summed E-state index contributed by atoms with van der Waals surface area (Å²) in [6, 6.07) is 25.0. The summed E-state index contributed by atoms with van der Waals surface area (Å²) in [7, 11) is 0. The minimum atomic E-state index is -0.256. The first-order chi connectivity index (χ1) is 19.5. The van der Waals surface area contributed by atoms with E-state index in [1.807, 2.05) is 85.8 Å². The summed E-state index contributed by atoms with van der Waals surface area (Å²) in [6.45, 7) is 4.95. The molecule has 206 valence electrons. The molecule has 0 radical (unpaired) electrons. The smallest absolute Gasteiger partial charge is 0.255 e. The van der Waals surface area contributed by atoms with E-state index in [1.54, 1.807) is 11.8 Å². The van der Waals surface area contributed by atoms with Gasteiger partial charge >= 0.3 is 0 Å². The van der Waals surface area contributed by atoms with Gasteiger partial charge in [0.05, 0.1) is 17.3 Å². The molecule has 1 saturated heterocycles. The van der Waals surface area contributed by atoms with Gasteiger partial charge in [-0.2, -0.15) is 0 Å². The molecule has 0 aliphatic carbocycles. The zero-order chi connectivity index (χ0) is 27.9. The molecule has 6 nitrogen and oxygen atoms in total. The SMILES string of the molecule is CCCCCc1ccc(C(=O)Nc2ccc(C3C(C(=O)Nc4ccccc4)=C(C)N=C4SCCCN43)cc2)cc1. The molecular weight excluding hydrogens is 516 g/mol. The first-order valence-electron chi connectivity index (χ1n) is 14.1. The van der Waals surface area contributed by atoms with Gasteiger partial charge in [0.2, 0.25) is 0 Å². The van der Waals surface area contributed by atoms with E-state index in [9.17, 15) is 9.59 Å². The maximum absolute atomic E-state index is 13.6. The average molecular weight is 553 g/mol. The minimum Gasteiger partial charge on any atom is -0.340 e. The zero-order valence-electron chi connectivity index (χ0n) is 23.2. The van der Waals surface area contributed by atoms with Crippen molar-refractivity contribution in [1.82, 2.24) is 4.90 Å². The second-order valence-corrected chi connectivity index (χ2v) is 11.3. The Morgan fingerprint density at radius 2 is 1.60 bits per heavy atom. The van der Waals surface area contributed by atoms with Gasteiger partial charge in [-0.25, -0.2) is 4.99 Å². The second-order valence-electron chi connectivity index (χ2n) is 10.2. The van der Waals surface area contributed by atoms with Gasteiger partial charge in [-0.1, -0.05) is 74.0 Å². The maximum atomic E-state index is 13.6. The van der Waals surface area contributed by atoms with Crippen LogP contribution < -0.4 is 10.6 Å². The van der Waals surface area contributed by atoms with Crippen LogP contribution in [0.4, 0.5) is 11.4 Å². The molecule has 1 fully saturated rings. The number of amides is 2. The molecule has 3 aromatic rings. The van der Waals surface area contributed by atoms with Crippen LogP contribution in [0.2, 0.25) is 0 Å². The number of allylic oxidation sites excluding steroid dienone is 1. The molecule has 1 unspecified atom stereocenters. The molecule has 2 amide bonds. The maximum Gasteiger partial charge on any atom is 0.255 e. The van der Waals surface area contributed by atoms with Gasteiger partial charge in [-0.15, -0.1) is 0 Å². The average Bonchev–Trinajstić information content (AvgIpc) is 2.98. The van der Waals surface area contributed by atoms with Gasteiger partial charge in [-0.3, -0.25) is 9.59 Å². The van der Waals surface area contributed by atoms with E-state index in [-0.39, 0.29) is 17.9 Å². The van der Waals surface area contributed by atoms with Crippen LogP contribution in [0, 0.1) is 0 Å². The van der Waals surface area contributed by atoms with Gasteiger partial charge < -0.3 is 15.5 Å². The fourth-order valence-electron chi connectivity index (χ4n) is 5.18. The number of fused-ring (bicyclic) bond motifs is 1. The molecule has 2 N–H and O–H groups in total. The number of carbonyl (C=O) groups excluding carboxylic acids is 2. The number of hydrogen-bond donors (Lipinski definition) is 2. The number of aliphatic imine (C=N–C) groups is 1. The second kappa shape index (κ2) is 13.0. The molecule has 40 heavy (non-hydrogen) atoms. The Labute approximate surface area is 241 Å². The van der Waals surface area contributed by atoms with E-state index >= 15 is 0 Å². The largest absolute Gasteiger partial charge is 0.340 e. The Morgan fingerprint density at radius 3 is 2.33 bits per heavy atom. The van der Waals surface area contributed by atoms with E-state index in [4.69, 9.17) is 4.99 Å². The summed E-state index contributed by atoms with van der Waals surface area (Å²) < 4.78 is 0. The monoisotopic (exact) mass is 552 g/mol. The molecule has 0 bridgehead atoms. The quantitative estimate of drug-likeness (QED) is 0.271. The number of hydrogen-bond acceptors (Lipinski definition) is 5. The van der Waals surface area contributed by atoms with Crippen molar-refractivity contribution in [2.75, 3.05) is 22.9 Å². The third-order valence-corrected chi connectivity index (χ3v) is 8.38. The van der Waals surface area contributed by atoms with Crippen LogP contribution in [0.1, 0.15) is 67.1 Å². The van der Waals surface area contributed by atoms with Crippen molar-refractivity contribution in [2.24, 2.45) is 4.99 Å². The number of aryl methyl sites for hydroxylation is 1. The lowest BCUT2D eigenvalue weighted by atomic mass is 9.93. The van der Waals surface area contributed by atoms with Crippen LogP contribution in [0.15, 0.2) is 95.1 Å². The van der Waals surface area contributed by atoms with Crippen molar-refractivity contribution in [2.45, 2.75) is 52.0 Å². The molecule has 0 saturated carbocycles. The summed E-state index contributed by atoms with van der Waals surface area (Å²) in [5, 5.41) is 7.03. The molecule has 1 atom stereocenters. The fourth-order valence-corrected chi connectivity index (χ4v) is 6.20. The Morgan fingerprint density at radius 1 is 0.900 bits per heavy atom. The number of anilines is 2. The number of nitrogens with one attached hydrogen (secondary N) is 2. The number of para-hydroxylation sites is 1. The van der Waals surface area contributed by atoms with Crippen LogP contribution in [-0.4, -0.2) is 34.2 Å². The highest BCUT2D eigenvalue weighted by Crippen LogP contribution is 2.40. The number of benzene rings is 3. The minimum absolute atomic E-state index is 0.133. The summed E-state index contributed by atoms with van der Waals surface area (Å²) in [4.78, 5) is 33.5. The zero-order valence-corrected chi connectivity index (χ0v) is 24.0. The topological polar surface area (TPSA) is 73.8 Å². The van der Waals surface area contributed by atoms with Crippen LogP contribution >= 0.6 is 11.8 Å². The van der Waals surface area contributed by atoms with Gasteiger partial charge in [-0.05, 0) is 73.7 Å². The standard InChI is InChI=1S/C33H36N4O2S/c1-3-4-6-10-24-13-15-26(16-14-24)31(38)35-28-19-17-25(18-20-28)30-29(32(39)36-27-11-7-5-8-12-27)23(2)34-33-37(30)21-9-22-40-33/h5,7-8,11-20,30H,3-4,6,9-10,21-22H2,1-2H3,(H,35,38)(H,36,39). The van der Waals surface area contributed by atoms with E-state index in [0.29, 0.717) is 11.1 Å². The summed E-state index contributed by atoms with van der Waals surface area (Å²) >= 11 is 1.74. The van der Waals surface area contributed by atoms with Gasteiger partial charge in [0.1, 0.15) is 0 Å². The number of thioether (sulfide) groups is 1. The van der Waals surface area contributed by atoms with Crippen molar-refractivity contribution in [3.63, 3.8) is 0 Å². The molecule has 7 heteroatoms. The highest BCUT2D eigenvalue weighted by atomic mass is 32.2. The third-order valence-electron chi connectivity index (χ3n) is 7.30. The number of nitrogens with zero attached hydrogens (tertiary/aromatic N) is 2. The molecule has 5 rings (SSSR count). The van der Waals surface area contributed by atoms with Crippen LogP contribution in [-0.2, 0) is 11.2 Å². The summed E-state index contributed by atoms with van der Waals surface area (Å²) in [5.74, 6) is 0.736. The lowest BCUT2D eigenvalue weighted by Gasteiger charge is -2.40. The Balaban J connectivity index is 1.34. The predicted octanol–water partition coefficient (Wildman–Crippen LogP) is 7.43. The summed E-state index contributed by atoms with van der Waals surface area (Å²) in [5.41, 5.74) is 5.73. The Bertz CT molecular complexity index is 1400. The van der Waals surface area contributed by atoms with Gasteiger partial charge in [0.15, 0.2) is 5.17 Å². The highest BCUT2D eigenvalue weighted by Gasteiger charge is 2.37. The van der Waals surface area contributed by atoms with Crippen molar-refractivity contribution >= 4 is 40.1 Å². The Kier molecular flexibility index (Phi) is 9.01. The van der Waals surface area contributed by atoms with E-state index in [0.717, 1.165) is 52.9 Å². The molecule has 0 spiro atoms. The van der Waals surface area contributed by atoms with E-state index in [2.05, 4.69) is 22.5 Å². The van der Waals surface area contributed by atoms with Crippen molar-refractivity contribution in [3.05, 3.63) is 107 Å². The van der Waals surface area contributed by atoms with Gasteiger partial charge in [0.25, 0.3) is 11.8 Å². The lowest BCUT2D eigenvalue weighted by molar-refractivity contribution is -0.113. The first-order valence-corrected chi connectivity index (χ1v) is 15.1. The molecule has 0 aromatic heterocycles. The number of rotatable bonds is 9. The normalized spacial score (nSPS) is 16.7. The molecule has 2 aliphatic rings. The van der Waals surface area contributed by atoms with Crippen LogP contribution in [0.5, 0.6) is 0 Å². The number of unbranched alkanes of at least 4 members (excludes halogenated alkanes) is 2. The van der Waals surface area contributed by atoms with Crippen LogP contribution in [0.3, 0.4) is 0 Å². The van der Waals surface area contributed by atoms with Crippen molar-refractivity contribution in [1.29, 1.82) is 0 Å². The first kappa shape index (κ1) is 27.7. The van der Waals surface area contributed by atoms with E-state index in [1.165, 1.54) is 24.8 Å². The third kappa shape index (κ3) is 6.48. The van der Waals surface area contributed by atoms with Crippen molar-refractivity contribution < 1.29 is 9.59 Å². The molecule has 2 aliphatic heterocycles. The molecule has 2 heterocycles. The molecule has 3 aromatic carbocycles.